The third-order valence-electron chi connectivity index (χ3n) is 4.46. The van der Waals surface area contributed by atoms with Gasteiger partial charge < -0.3 is 9.15 Å². The van der Waals surface area contributed by atoms with Crippen LogP contribution in [0.1, 0.15) is 5.56 Å². The molecule has 0 radical (unpaired) electrons. The molecule has 0 aliphatic heterocycles. The molecule has 0 spiro atoms. The first-order valence-corrected chi connectivity index (χ1v) is 7.78. The summed E-state index contributed by atoms with van der Waals surface area (Å²) in [5.74, 6) is 0.811. The molecule has 1 heterocycles. The molecule has 118 valence electrons. The number of benzene rings is 3. The van der Waals surface area contributed by atoms with E-state index in [-0.39, 0.29) is 5.43 Å². The lowest BCUT2D eigenvalue weighted by molar-refractivity contribution is 0.412. The number of hydrogen-bond donors (Lipinski definition) is 0. The normalized spacial score (nSPS) is 11.1. The van der Waals surface area contributed by atoms with Gasteiger partial charge in [-0.1, -0.05) is 36.4 Å². The summed E-state index contributed by atoms with van der Waals surface area (Å²) in [7, 11) is 1.65. The molecule has 0 aliphatic rings. The molecule has 1 aromatic heterocycles. The largest absolute Gasteiger partial charge is 0.496 e. The number of methoxy groups -OCH3 is 1. The quantitative estimate of drug-likeness (QED) is 0.492. The van der Waals surface area contributed by atoms with E-state index in [4.69, 9.17) is 9.15 Å². The van der Waals surface area contributed by atoms with Gasteiger partial charge in [-0.25, -0.2) is 0 Å². The van der Waals surface area contributed by atoms with Crippen molar-refractivity contribution in [3.8, 4) is 16.9 Å². The number of aryl methyl sites for hydroxylation is 1. The van der Waals surface area contributed by atoms with Gasteiger partial charge in [0.15, 0.2) is 0 Å². The fourth-order valence-corrected chi connectivity index (χ4v) is 3.20. The molecule has 0 saturated carbocycles. The smallest absolute Gasteiger partial charge is 0.201 e. The van der Waals surface area contributed by atoms with E-state index < -0.39 is 0 Å². The summed E-state index contributed by atoms with van der Waals surface area (Å²) in [5, 5.41) is 2.50. The van der Waals surface area contributed by atoms with Crippen molar-refractivity contribution in [1.29, 1.82) is 0 Å². The Morgan fingerprint density at radius 3 is 2.42 bits per heavy atom. The van der Waals surface area contributed by atoms with Crippen molar-refractivity contribution in [2.75, 3.05) is 7.11 Å². The first-order chi connectivity index (χ1) is 11.7. The van der Waals surface area contributed by atoms with Gasteiger partial charge in [-0.15, -0.1) is 0 Å². The Kier molecular flexibility index (Phi) is 3.35. The molecule has 0 saturated heterocycles. The van der Waals surface area contributed by atoms with Gasteiger partial charge in [0.1, 0.15) is 17.6 Å². The third kappa shape index (κ3) is 2.09. The molecule has 0 aliphatic carbocycles. The number of rotatable bonds is 2. The molecule has 24 heavy (non-hydrogen) atoms. The molecular formula is C21H16O3. The fraction of sp³-hybridized carbons (Fsp3) is 0.0952. The van der Waals surface area contributed by atoms with Crippen LogP contribution < -0.4 is 10.2 Å². The van der Waals surface area contributed by atoms with E-state index in [1.165, 1.54) is 0 Å². The monoisotopic (exact) mass is 316 g/mol. The lowest BCUT2D eigenvalue weighted by Gasteiger charge is -2.10. The van der Waals surface area contributed by atoms with Gasteiger partial charge >= 0.3 is 0 Å². The van der Waals surface area contributed by atoms with Crippen molar-refractivity contribution < 1.29 is 9.15 Å². The number of ether oxygens (including phenoxy) is 1. The Morgan fingerprint density at radius 2 is 1.67 bits per heavy atom. The fourth-order valence-electron chi connectivity index (χ4n) is 3.20. The van der Waals surface area contributed by atoms with Gasteiger partial charge in [-0.3, -0.25) is 4.79 Å². The second kappa shape index (κ2) is 5.53. The summed E-state index contributed by atoms with van der Waals surface area (Å²) in [4.78, 5) is 13.1. The maximum Gasteiger partial charge on any atom is 0.201 e. The molecule has 0 amide bonds. The minimum Gasteiger partial charge on any atom is -0.496 e. The molecule has 0 bridgehead atoms. The maximum absolute atomic E-state index is 13.1. The van der Waals surface area contributed by atoms with Crippen LogP contribution in [0.4, 0.5) is 0 Å². The van der Waals surface area contributed by atoms with E-state index >= 15 is 0 Å². The van der Waals surface area contributed by atoms with E-state index in [0.29, 0.717) is 16.5 Å². The van der Waals surface area contributed by atoms with E-state index in [1.54, 1.807) is 13.4 Å². The Morgan fingerprint density at radius 1 is 0.917 bits per heavy atom. The highest BCUT2D eigenvalue weighted by molar-refractivity contribution is 6.08. The lowest BCUT2D eigenvalue weighted by Crippen LogP contribution is -2.05. The van der Waals surface area contributed by atoms with Crippen LogP contribution in [0, 0.1) is 6.92 Å². The summed E-state index contributed by atoms with van der Waals surface area (Å²) in [6.45, 7) is 2.00. The van der Waals surface area contributed by atoms with Crippen molar-refractivity contribution in [3.05, 3.63) is 76.6 Å². The van der Waals surface area contributed by atoms with Crippen LogP contribution in [0.2, 0.25) is 0 Å². The van der Waals surface area contributed by atoms with Crippen molar-refractivity contribution in [2.45, 2.75) is 6.92 Å². The number of fused-ring (bicyclic) bond motifs is 3. The van der Waals surface area contributed by atoms with Crippen molar-refractivity contribution in [1.82, 2.24) is 0 Å². The first kappa shape index (κ1) is 14.5. The van der Waals surface area contributed by atoms with Crippen LogP contribution in [0.25, 0.3) is 32.9 Å². The standard InChI is InChI=1S/C21H16O3/c1-13-15-8-11-19-20(16(15)9-10-18(13)23-2)21(22)17(12-24-19)14-6-4-3-5-7-14/h3-12H,1-2H3. The Labute approximate surface area is 139 Å². The van der Waals surface area contributed by atoms with Gasteiger partial charge in [0, 0.05) is 0 Å². The highest BCUT2D eigenvalue weighted by atomic mass is 16.5. The predicted molar refractivity (Wildman–Crippen MR) is 96.7 cm³/mol. The van der Waals surface area contributed by atoms with Crippen molar-refractivity contribution in [3.63, 3.8) is 0 Å². The predicted octanol–water partition coefficient (Wildman–Crippen LogP) is 4.93. The second-order valence-electron chi connectivity index (χ2n) is 5.77. The summed E-state index contributed by atoms with van der Waals surface area (Å²) in [6, 6.07) is 17.2. The van der Waals surface area contributed by atoms with E-state index in [1.807, 2.05) is 61.5 Å². The van der Waals surface area contributed by atoms with Crippen LogP contribution in [0.3, 0.4) is 0 Å². The molecule has 0 N–H and O–H groups in total. The van der Waals surface area contributed by atoms with E-state index in [0.717, 1.165) is 27.6 Å². The van der Waals surface area contributed by atoms with Crippen molar-refractivity contribution >= 4 is 21.7 Å². The third-order valence-corrected chi connectivity index (χ3v) is 4.46. The summed E-state index contributed by atoms with van der Waals surface area (Å²) < 4.78 is 11.1. The topological polar surface area (TPSA) is 39.4 Å². The minimum atomic E-state index is -0.0161. The molecule has 4 rings (SSSR count). The Balaban J connectivity index is 2.12. The zero-order chi connectivity index (χ0) is 16.7. The van der Waals surface area contributed by atoms with Crippen LogP contribution in [0.15, 0.2) is 70.1 Å². The van der Waals surface area contributed by atoms with Crippen LogP contribution in [-0.4, -0.2) is 7.11 Å². The van der Waals surface area contributed by atoms with E-state index in [2.05, 4.69) is 0 Å². The zero-order valence-electron chi connectivity index (χ0n) is 13.5. The molecule has 3 aromatic carbocycles. The highest BCUT2D eigenvalue weighted by Gasteiger charge is 2.14. The average Bonchev–Trinajstić information content (AvgIpc) is 2.63. The van der Waals surface area contributed by atoms with Gasteiger partial charge in [-0.05, 0) is 47.0 Å². The summed E-state index contributed by atoms with van der Waals surface area (Å²) in [6.07, 6.45) is 1.54. The average molecular weight is 316 g/mol. The van der Waals surface area contributed by atoms with E-state index in [9.17, 15) is 4.79 Å². The van der Waals surface area contributed by atoms with Gasteiger partial charge in [0.25, 0.3) is 0 Å². The van der Waals surface area contributed by atoms with Gasteiger partial charge in [0.2, 0.25) is 5.43 Å². The number of hydrogen-bond acceptors (Lipinski definition) is 3. The minimum absolute atomic E-state index is 0.0161. The highest BCUT2D eigenvalue weighted by Crippen LogP contribution is 2.32. The first-order valence-electron chi connectivity index (χ1n) is 7.78. The van der Waals surface area contributed by atoms with Crippen LogP contribution >= 0.6 is 0 Å². The summed E-state index contributed by atoms with van der Waals surface area (Å²) in [5.41, 5.74) is 3.02. The van der Waals surface area contributed by atoms with Crippen molar-refractivity contribution in [2.24, 2.45) is 0 Å². The second-order valence-corrected chi connectivity index (χ2v) is 5.77. The molecule has 0 fully saturated rings. The molecule has 3 heteroatoms. The summed E-state index contributed by atoms with van der Waals surface area (Å²) >= 11 is 0. The van der Waals surface area contributed by atoms with Gasteiger partial charge in [-0.2, -0.15) is 0 Å². The molecular weight excluding hydrogens is 300 g/mol. The Bertz CT molecular complexity index is 1110. The molecule has 4 aromatic rings. The van der Waals surface area contributed by atoms with Gasteiger partial charge in [0.05, 0.1) is 18.1 Å². The molecule has 0 unspecified atom stereocenters. The van der Waals surface area contributed by atoms with Crippen LogP contribution in [0.5, 0.6) is 5.75 Å². The zero-order valence-corrected chi connectivity index (χ0v) is 13.5. The van der Waals surface area contributed by atoms with Crippen LogP contribution in [-0.2, 0) is 0 Å². The SMILES string of the molecule is COc1ccc2c(ccc3occ(-c4ccccc4)c(=O)c32)c1C. The molecule has 3 nitrogen and oxygen atoms in total. The Hall–Kier alpha value is -3.07. The lowest BCUT2D eigenvalue weighted by atomic mass is 9.98. The maximum atomic E-state index is 13.1. The molecule has 0 atom stereocenters.